The zero-order valence-electron chi connectivity index (χ0n) is 8.37. The Hall–Kier alpha value is -1.20. The van der Waals surface area contributed by atoms with Crippen molar-refractivity contribution in [2.75, 3.05) is 7.11 Å². The fourth-order valence-corrected chi connectivity index (χ4v) is 1.19. The third-order valence-electron chi connectivity index (χ3n) is 2.05. The third kappa shape index (κ3) is 2.43. The summed E-state index contributed by atoms with van der Waals surface area (Å²) < 4.78 is 31.0. The van der Waals surface area contributed by atoms with Crippen molar-refractivity contribution < 1.29 is 23.7 Å². The molecule has 5 heteroatoms. The van der Waals surface area contributed by atoms with Crippen molar-refractivity contribution in [2.24, 2.45) is 0 Å². The van der Waals surface area contributed by atoms with E-state index in [1.54, 1.807) is 0 Å². The van der Waals surface area contributed by atoms with E-state index in [-0.39, 0.29) is 11.3 Å². The molecule has 2 atom stereocenters. The fourth-order valence-electron chi connectivity index (χ4n) is 1.19. The van der Waals surface area contributed by atoms with E-state index in [0.717, 1.165) is 12.1 Å². The van der Waals surface area contributed by atoms with Gasteiger partial charge in [-0.3, -0.25) is 0 Å². The van der Waals surface area contributed by atoms with Gasteiger partial charge in [-0.05, 0) is 13.0 Å². The van der Waals surface area contributed by atoms with Crippen molar-refractivity contribution in [1.82, 2.24) is 0 Å². The van der Waals surface area contributed by atoms with Gasteiger partial charge in [0, 0.05) is 11.6 Å². The molecule has 2 N–H and O–H groups in total. The van der Waals surface area contributed by atoms with Crippen LogP contribution < -0.4 is 4.74 Å². The van der Waals surface area contributed by atoms with Crippen LogP contribution in [0.1, 0.15) is 18.6 Å². The second-order valence-electron chi connectivity index (χ2n) is 3.19. The second kappa shape index (κ2) is 4.55. The minimum absolute atomic E-state index is 0.242. The van der Waals surface area contributed by atoms with Crippen LogP contribution in [0, 0.1) is 11.6 Å². The van der Waals surface area contributed by atoms with Crippen LogP contribution in [0.4, 0.5) is 8.78 Å². The molecule has 2 unspecified atom stereocenters. The van der Waals surface area contributed by atoms with Gasteiger partial charge >= 0.3 is 0 Å². The molecular weight excluding hydrogens is 206 g/mol. The molecule has 1 rings (SSSR count). The van der Waals surface area contributed by atoms with Crippen molar-refractivity contribution in [3.05, 3.63) is 29.3 Å². The number of rotatable bonds is 3. The van der Waals surface area contributed by atoms with E-state index in [2.05, 4.69) is 4.74 Å². The SMILES string of the molecule is COc1cc(F)c(C(O)C(C)O)cc1F. The van der Waals surface area contributed by atoms with Gasteiger partial charge in [0.2, 0.25) is 0 Å². The minimum Gasteiger partial charge on any atom is -0.494 e. The van der Waals surface area contributed by atoms with Crippen LogP contribution in [-0.4, -0.2) is 23.4 Å². The first-order chi connectivity index (χ1) is 6.97. The summed E-state index contributed by atoms with van der Waals surface area (Å²) in [6.45, 7) is 1.28. The highest BCUT2D eigenvalue weighted by atomic mass is 19.1. The topological polar surface area (TPSA) is 49.7 Å². The molecule has 0 fully saturated rings. The average Bonchev–Trinajstić information content (AvgIpc) is 2.19. The Labute approximate surface area is 85.9 Å². The number of benzene rings is 1. The van der Waals surface area contributed by atoms with E-state index in [4.69, 9.17) is 5.11 Å². The lowest BCUT2D eigenvalue weighted by Gasteiger charge is -2.15. The van der Waals surface area contributed by atoms with E-state index in [1.807, 2.05) is 0 Å². The predicted octanol–water partition coefficient (Wildman–Crippen LogP) is 1.39. The summed E-state index contributed by atoms with van der Waals surface area (Å²) >= 11 is 0. The normalized spacial score (nSPS) is 14.8. The molecule has 0 saturated carbocycles. The zero-order chi connectivity index (χ0) is 11.6. The molecule has 0 aliphatic rings. The van der Waals surface area contributed by atoms with E-state index in [0.29, 0.717) is 0 Å². The number of halogens is 2. The molecule has 1 aromatic carbocycles. The van der Waals surface area contributed by atoms with Crippen LogP contribution in [0.25, 0.3) is 0 Å². The molecule has 15 heavy (non-hydrogen) atoms. The van der Waals surface area contributed by atoms with Gasteiger partial charge in [0.05, 0.1) is 13.2 Å². The molecule has 0 saturated heterocycles. The first-order valence-corrected chi connectivity index (χ1v) is 4.36. The Morgan fingerprint density at radius 3 is 2.27 bits per heavy atom. The van der Waals surface area contributed by atoms with Gasteiger partial charge in [0.15, 0.2) is 11.6 Å². The largest absolute Gasteiger partial charge is 0.494 e. The average molecular weight is 218 g/mol. The summed E-state index contributed by atoms with van der Waals surface area (Å²) in [6.07, 6.45) is -2.63. The van der Waals surface area contributed by atoms with E-state index >= 15 is 0 Å². The van der Waals surface area contributed by atoms with Crippen molar-refractivity contribution >= 4 is 0 Å². The molecule has 0 spiro atoms. The summed E-state index contributed by atoms with van der Waals surface area (Å²) in [5.74, 6) is -1.84. The Kier molecular flexibility index (Phi) is 3.60. The lowest BCUT2D eigenvalue weighted by molar-refractivity contribution is 0.0280. The highest BCUT2D eigenvalue weighted by Crippen LogP contribution is 2.26. The van der Waals surface area contributed by atoms with Gasteiger partial charge in [0.1, 0.15) is 11.9 Å². The number of ether oxygens (including phenoxy) is 1. The van der Waals surface area contributed by atoms with Gasteiger partial charge < -0.3 is 14.9 Å². The number of aliphatic hydroxyl groups excluding tert-OH is 2. The summed E-state index contributed by atoms with van der Waals surface area (Å²) in [5.41, 5.74) is -0.289. The first-order valence-electron chi connectivity index (χ1n) is 4.36. The first kappa shape index (κ1) is 11.9. The highest BCUT2D eigenvalue weighted by molar-refractivity contribution is 5.32. The van der Waals surface area contributed by atoms with E-state index < -0.39 is 23.8 Å². The number of aliphatic hydroxyl groups is 2. The molecule has 84 valence electrons. The lowest BCUT2D eigenvalue weighted by atomic mass is 10.0. The summed E-state index contributed by atoms with van der Waals surface area (Å²) in [7, 11) is 1.21. The molecular formula is C10H12F2O3. The third-order valence-corrected chi connectivity index (χ3v) is 2.05. The zero-order valence-corrected chi connectivity index (χ0v) is 8.37. The maximum absolute atomic E-state index is 13.3. The van der Waals surface area contributed by atoms with Crippen molar-refractivity contribution in [3.8, 4) is 5.75 Å². The van der Waals surface area contributed by atoms with Crippen LogP contribution in [0.3, 0.4) is 0 Å². The second-order valence-corrected chi connectivity index (χ2v) is 3.19. The fraction of sp³-hybridized carbons (Fsp3) is 0.400. The van der Waals surface area contributed by atoms with Crippen molar-refractivity contribution in [2.45, 2.75) is 19.1 Å². The molecule has 0 aliphatic carbocycles. The standard InChI is InChI=1S/C10H12F2O3/c1-5(13)10(14)6-3-8(12)9(15-2)4-7(6)11/h3-5,10,13-14H,1-2H3. The molecule has 0 bridgehead atoms. The smallest absolute Gasteiger partial charge is 0.165 e. The summed E-state index contributed by atoms with van der Waals surface area (Å²) in [5, 5.41) is 18.4. The van der Waals surface area contributed by atoms with Crippen LogP contribution in [0.5, 0.6) is 5.75 Å². The molecule has 3 nitrogen and oxygen atoms in total. The molecule has 1 aromatic rings. The maximum atomic E-state index is 13.3. The minimum atomic E-state index is -1.45. The summed E-state index contributed by atoms with van der Waals surface area (Å²) in [4.78, 5) is 0. The number of hydrogen-bond donors (Lipinski definition) is 2. The van der Waals surface area contributed by atoms with Gasteiger partial charge in [-0.1, -0.05) is 0 Å². The van der Waals surface area contributed by atoms with Crippen LogP contribution in [-0.2, 0) is 0 Å². The molecule has 0 aliphatic heterocycles. The van der Waals surface area contributed by atoms with Crippen LogP contribution >= 0.6 is 0 Å². The predicted molar refractivity (Wildman–Crippen MR) is 49.6 cm³/mol. The molecule has 0 heterocycles. The quantitative estimate of drug-likeness (QED) is 0.806. The Balaban J connectivity index is 3.15. The summed E-state index contributed by atoms with van der Waals surface area (Å²) in [6, 6.07) is 1.64. The van der Waals surface area contributed by atoms with E-state index in [1.165, 1.54) is 14.0 Å². The van der Waals surface area contributed by atoms with Gasteiger partial charge in [0.25, 0.3) is 0 Å². The van der Waals surface area contributed by atoms with Gasteiger partial charge in [-0.15, -0.1) is 0 Å². The van der Waals surface area contributed by atoms with Gasteiger partial charge in [-0.25, -0.2) is 8.78 Å². The monoisotopic (exact) mass is 218 g/mol. The molecule has 0 radical (unpaired) electrons. The Bertz CT molecular complexity index is 353. The van der Waals surface area contributed by atoms with Crippen molar-refractivity contribution in [3.63, 3.8) is 0 Å². The Morgan fingerprint density at radius 1 is 1.20 bits per heavy atom. The van der Waals surface area contributed by atoms with Gasteiger partial charge in [-0.2, -0.15) is 0 Å². The molecule has 0 aromatic heterocycles. The number of methoxy groups -OCH3 is 1. The molecule has 0 amide bonds. The van der Waals surface area contributed by atoms with E-state index in [9.17, 15) is 13.9 Å². The maximum Gasteiger partial charge on any atom is 0.165 e. The number of hydrogen-bond acceptors (Lipinski definition) is 3. The highest BCUT2D eigenvalue weighted by Gasteiger charge is 2.20. The van der Waals surface area contributed by atoms with Crippen LogP contribution in [0.15, 0.2) is 12.1 Å². The lowest BCUT2D eigenvalue weighted by Crippen LogP contribution is -2.15. The van der Waals surface area contributed by atoms with Crippen molar-refractivity contribution in [1.29, 1.82) is 0 Å². The van der Waals surface area contributed by atoms with Crippen LogP contribution in [0.2, 0.25) is 0 Å². The Morgan fingerprint density at radius 2 is 1.80 bits per heavy atom.